The fourth-order valence-electron chi connectivity index (χ4n) is 2.99. The summed E-state index contributed by atoms with van der Waals surface area (Å²) in [5.41, 5.74) is 3.54. The number of amides is 1. The second kappa shape index (κ2) is 4.87. The zero-order valence-corrected chi connectivity index (χ0v) is 11.7. The van der Waals surface area contributed by atoms with Gasteiger partial charge >= 0.3 is 0 Å². The Labute approximate surface area is 114 Å². The van der Waals surface area contributed by atoms with E-state index in [0.29, 0.717) is 6.61 Å². The molecule has 3 rings (SSSR count). The van der Waals surface area contributed by atoms with Crippen molar-refractivity contribution in [1.29, 1.82) is 0 Å². The molecule has 3 heteroatoms. The molecule has 1 aliphatic heterocycles. The summed E-state index contributed by atoms with van der Waals surface area (Å²) in [7, 11) is 0. The molecule has 1 saturated carbocycles. The van der Waals surface area contributed by atoms with Gasteiger partial charge in [0.2, 0.25) is 5.91 Å². The fraction of sp³-hybridized carbons (Fsp3) is 0.562. The van der Waals surface area contributed by atoms with E-state index in [1.807, 2.05) is 0 Å². The average molecular weight is 259 g/mol. The molecule has 0 spiro atoms. The van der Waals surface area contributed by atoms with Crippen LogP contribution in [0.4, 0.5) is 0 Å². The smallest absolute Gasteiger partial charge is 0.223 e. The van der Waals surface area contributed by atoms with E-state index in [2.05, 4.69) is 31.3 Å². The third-order valence-electron chi connectivity index (χ3n) is 4.27. The van der Waals surface area contributed by atoms with Crippen LogP contribution >= 0.6 is 0 Å². The zero-order valence-electron chi connectivity index (χ0n) is 11.7. The van der Waals surface area contributed by atoms with Crippen LogP contribution in [-0.4, -0.2) is 12.5 Å². The summed E-state index contributed by atoms with van der Waals surface area (Å²) in [5.74, 6) is 1.44. The molecule has 0 bridgehead atoms. The summed E-state index contributed by atoms with van der Waals surface area (Å²) < 4.78 is 5.77. The SMILES string of the molecule is Cc1cc(C)c2c(c1)[C@H](NC(=O)C1CCC1)CCO2. The maximum atomic E-state index is 12.1. The molecule has 0 unspecified atom stereocenters. The Morgan fingerprint density at radius 3 is 2.74 bits per heavy atom. The van der Waals surface area contributed by atoms with Crippen LogP contribution in [-0.2, 0) is 4.79 Å². The van der Waals surface area contributed by atoms with Gasteiger partial charge in [-0.1, -0.05) is 24.1 Å². The Hall–Kier alpha value is -1.51. The first-order chi connectivity index (χ1) is 9.15. The third-order valence-corrected chi connectivity index (χ3v) is 4.27. The van der Waals surface area contributed by atoms with Gasteiger partial charge in [0.25, 0.3) is 0 Å². The summed E-state index contributed by atoms with van der Waals surface area (Å²) in [6.07, 6.45) is 4.17. The predicted octanol–water partition coefficient (Wildman–Crippen LogP) is 3.04. The van der Waals surface area contributed by atoms with Gasteiger partial charge in [-0.25, -0.2) is 0 Å². The lowest BCUT2D eigenvalue weighted by molar-refractivity contribution is -0.128. The number of carbonyl (C=O) groups excluding carboxylic acids is 1. The van der Waals surface area contributed by atoms with E-state index in [1.165, 1.54) is 12.0 Å². The Balaban J connectivity index is 1.83. The highest BCUT2D eigenvalue weighted by atomic mass is 16.5. The van der Waals surface area contributed by atoms with Gasteiger partial charge in [-0.05, 0) is 32.3 Å². The molecule has 1 aromatic rings. The van der Waals surface area contributed by atoms with E-state index in [1.54, 1.807) is 0 Å². The van der Waals surface area contributed by atoms with Gasteiger partial charge in [-0.2, -0.15) is 0 Å². The summed E-state index contributed by atoms with van der Waals surface area (Å²) >= 11 is 0. The molecule has 0 saturated heterocycles. The molecule has 1 heterocycles. The number of rotatable bonds is 2. The molecule has 1 aromatic carbocycles. The standard InChI is InChI=1S/C16H21NO2/c1-10-8-11(2)15-13(9-10)14(6-7-19-15)17-16(18)12-4-3-5-12/h8-9,12,14H,3-7H2,1-2H3,(H,17,18)/t14-/m1/s1. The minimum Gasteiger partial charge on any atom is -0.493 e. The van der Waals surface area contributed by atoms with Crippen LogP contribution in [0, 0.1) is 19.8 Å². The van der Waals surface area contributed by atoms with E-state index in [0.717, 1.165) is 36.1 Å². The van der Waals surface area contributed by atoms with Gasteiger partial charge < -0.3 is 10.1 Å². The number of nitrogens with one attached hydrogen (secondary N) is 1. The van der Waals surface area contributed by atoms with Crippen molar-refractivity contribution in [3.8, 4) is 5.75 Å². The lowest BCUT2D eigenvalue weighted by Crippen LogP contribution is -2.38. The maximum Gasteiger partial charge on any atom is 0.223 e. The quantitative estimate of drug-likeness (QED) is 0.886. The number of hydrogen-bond donors (Lipinski definition) is 1. The number of benzene rings is 1. The highest BCUT2D eigenvalue weighted by Gasteiger charge is 2.30. The van der Waals surface area contributed by atoms with Crippen molar-refractivity contribution >= 4 is 5.91 Å². The number of ether oxygens (including phenoxy) is 1. The van der Waals surface area contributed by atoms with Crippen LogP contribution in [0.3, 0.4) is 0 Å². The monoisotopic (exact) mass is 259 g/mol. The summed E-state index contributed by atoms with van der Waals surface area (Å²) in [6.45, 7) is 4.85. The normalized spacial score (nSPS) is 22.1. The molecule has 1 atom stereocenters. The zero-order chi connectivity index (χ0) is 13.4. The Morgan fingerprint density at radius 2 is 2.05 bits per heavy atom. The number of hydrogen-bond acceptors (Lipinski definition) is 2. The molecule has 1 amide bonds. The summed E-state index contributed by atoms with van der Waals surface area (Å²) in [6, 6.07) is 4.40. The number of carbonyl (C=O) groups is 1. The van der Waals surface area contributed by atoms with Crippen molar-refractivity contribution in [2.75, 3.05) is 6.61 Å². The molecule has 1 aliphatic carbocycles. The van der Waals surface area contributed by atoms with Crippen LogP contribution < -0.4 is 10.1 Å². The predicted molar refractivity (Wildman–Crippen MR) is 74.3 cm³/mol. The first kappa shape index (κ1) is 12.5. The van der Waals surface area contributed by atoms with Gasteiger partial charge in [0.05, 0.1) is 12.6 Å². The van der Waals surface area contributed by atoms with Crippen molar-refractivity contribution in [3.63, 3.8) is 0 Å². The maximum absolute atomic E-state index is 12.1. The molecule has 3 nitrogen and oxygen atoms in total. The third kappa shape index (κ3) is 2.34. The second-order valence-corrected chi connectivity index (χ2v) is 5.83. The summed E-state index contributed by atoms with van der Waals surface area (Å²) in [5, 5.41) is 3.21. The summed E-state index contributed by atoms with van der Waals surface area (Å²) in [4.78, 5) is 12.1. The molecule has 19 heavy (non-hydrogen) atoms. The Kier molecular flexibility index (Phi) is 3.21. The van der Waals surface area contributed by atoms with Crippen LogP contribution in [0.2, 0.25) is 0 Å². The topological polar surface area (TPSA) is 38.3 Å². The van der Waals surface area contributed by atoms with E-state index < -0.39 is 0 Å². The van der Waals surface area contributed by atoms with Gasteiger partial charge in [-0.3, -0.25) is 4.79 Å². The Bertz CT molecular complexity index is 506. The fourth-order valence-corrected chi connectivity index (χ4v) is 2.99. The highest BCUT2D eigenvalue weighted by Crippen LogP contribution is 2.36. The van der Waals surface area contributed by atoms with Gasteiger partial charge in [0.1, 0.15) is 5.75 Å². The van der Waals surface area contributed by atoms with Gasteiger partial charge in [0, 0.05) is 17.9 Å². The number of aryl methyl sites for hydroxylation is 2. The average Bonchev–Trinajstić information content (AvgIpc) is 2.27. The lowest BCUT2D eigenvalue weighted by Gasteiger charge is -2.31. The Morgan fingerprint density at radius 1 is 1.26 bits per heavy atom. The molecular weight excluding hydrogens is 238 g/mol. The van der Waals surface area contributed by atoms with Crippen LogP contribution in [0.1, 0.15) is 48.4 Å². The van der Waals surface area contributed by atoms with Crippen molar-refractivity contribution in [2.45, 2.75) is 45.6 Å². The minimum absolute atomic E-state index is 0.121. The highest BCUT2D eigenvalue weighted by molar-refractivity contribution is 5.80. The van der Waals surface area contributed by atoms with Crippen molar-refractivity contribution < 1.29 is 9.53 Å². The van der Waals surface area contributed by atoms with Gasteiger partial charge in [0.15, 0.2) is 0 Å². The largest absolute Gasteiger partial charge is 0.493 e. The van der Waals surface area contributed by atoms with E-state index in [-0.39, 0.29) is 17.9 Å². The molecule has 0 aromatic heterocycles. The molecule has 102 valence electrons. The van der Waals surface area contributed by atoms with Crippen LogP contribution in [0.25, 0.3) is 0 Å². The van der Waals surface area contributed by atoms with Gasteiger partial charge in [-0.15, -0.1) is 0 Å². The molecule has 2 aliphatic rings. The minimum atomic E-state index is 0.121. The molecule has 1 fully saturated rings. The van der Waals surface area contributed by atoms with E-state index in [4.69, 9.17) is 4.74 Å². The van der Waals surface area contributed by atoms with E-state index in [9.17, 15) is 4.79 Å². The van der Waals surface area contributed by atoms with Crippen molar-refractivity contribution in [3.05, 3.63) is 28.8 Å². The number of fused-ring (bicyclic) bond motifs is 1. The molecular formula is C16H21NO2. The lowest BCUT2D eigenvalue weighted by atomic mass is 9.84. The van der Waals surface area contributed by atoms with Crippen LogP contribution in [0.15, 0.2) is 12.1 Å². The van der Waals surface area contributed by atoms with Crippen LogP contribution in [0.5, 0.6) is 5.75 Å². The van der Waals surface area contributed by atoms with Crippen molar-refractivity contribution in [1.82, 2.24) is 5.32 Å². The first-order valence-corrected chi connectivity index (χ1v) is 7.19. The van der Waals surface area contributed by atoms with Crippen molar-refractivity contribution in [2.24, 2.45) is 5.92 Å². The molecule has 0 radical (unpaired) electrons. The first-order valence-electron chi connectivity index (χ1n) is 7.19. The second-order valence-electron chi connectivity index (χ2n) is 5.83. The molecule has 1 N–H and O–H groups in total. The van der Waals surface area contributed by atoms with E-state index >= 15 is 0 Å².